The van der Waals surface area contributed by atoms with E-state index in [4.69, 9.17) is 5.11 Å². The summed E-state index contributed by atoms with van der Waals surface area (Å²) in [6, 6.07) is 11.1. The highest BCUT2D eigenvalue weighted by molar-refractivity contribution is 14.1. The molecule has 0 aliphatic heterocycles. The molecule has 0 atom stereocenters. The molecular formula is C15H11IN2O4. The number of rotatable bonds is 4. The van der Waals surface area contributed by atoms with Crippen LogP contribution in [0.4, 0.5) is 0 Å². The second kappa shape index (κ2) is 7.03. The number of phenolic OH excluding ortho intramolecular Hbond substituents is 1. The Labute approximate surface area is 139 Å². The van der Waals surface area contributed by atoms with Crippen LogP contribution in [0.15, 0.2) is 47.6 Å². The molecule has 0 aromatic heterocycles. The molecule has 0 fully saturated rings. The monoisotopic (exact) mass is 410 g/mol. The van der Waals surface area contributed by atoms with Crippen molar-refractivity contribution in [2.75, 3.05) is 0 Å². The lowest BCUT2D eigenvalue weighted by molar-refractivity contribution is 0.0696. The van der Waals surface area contributed by atoms with Crippen molar-refractivity contribution < 1.29 is 19.8 Å². The Morgan fingerprint density at radius 1 is 1.14 bits per heavy atom. The van der Waals surface area contributed by atoms with Gasteiger partial charge in [0.25, 0.3) is 5.91 Å². The molecule has 0 radical (unpaired) electrons. The summed E-state index contributed by atoms with van der Waals surface area (Å²) in [4.78, 5) is 22.8. The lowest BCUT2D eigenvalue weighted by Gasteiger charge is -2.04. The van der Waals surface area contributed by atoms with E-state index in [0.29, 0.717) is 9.13 Å². The lowest BCUT2D eigenvalue weighted by atomic mass is 10.1. The first-order chi connectivity index (χ1) is 10.5. The van der Waals surface area contributed by atoms with E-state index in [2.05, 4.69) is 10.5 Å². The van der Waals surface area contributed by atoms with Crippen LogP contribution < -0.4 is 5.43 Å². The minimum absolute atomic E-state index is 0.0260. The number of benzene rings is 2. The summed E-state index contributed by atoms with van der Waals surface area (Å²) >= 11 is 1.82. The highest BCUT2D eigenvalue weighted by Crippen LogP contribution is 2.25. The van der Waals surface area contributed by atoms with E-state index in [1.54, 1.807) is 30.3 Å². The molecule has 6 nitrogen and oxygen atoms in total. The van der Waals surface area contributed by atoms with Gasteiger partial charge in [-0.1, -0.05) is 18.2 Å². The Bertz CT molecular complexity index is 745. The summed E-state index contributed by atoms with van der Waals surface area (Å²) in [5, 5.41) is 22.6. The zero-order valence-corrected chi connectivity index (χ0v) is 13.3. The smallest absolute Gasteiger partial charge is 0.335 e. The zero-order valence-electron chi connectivity index (χ0n) is 11.2. The average molecular weight is 410 g/mol. The van der Waals surface area contributed by atoms with Crippen molar-refractivity contribution in [1.29, 1.82) is 0 Å². The number of carbonyl (C=O) groups excluding carboxylic acids is 1. The first kappa shape index (κ1) is 16.0. The van der Waals surface area contributed by atoms with Gasteiger partial charge in [0.1, 0.15) is 5.75 Å². The first-order valence-electron chi connectivity index (χ1n) is 6.13. The topological polar surface area (TPSA) is 99.0 Å². The molecule has 0 heterocycles. The van der Waals surface area contributed by atoms with Gasteiger partial charge in [-0.05, 0) is 46.9 Å². The molecule has 112 valence electrons. The van der Waals surface area contributed by atoms with Crippen LogP contribution >= 0.6 is 22.6 Å². The molecule has 0 bridgehead atoms. The third kappa shape index (κ3) is 3.82. The van der Waals surface area contributed by atoms with Crippen molar-refractivity contribution in [2.24, 2.45) is 5.10 Å². The van der Waals surface area contributed by atoms with E-state index < -0.39 is 11.9 Å². The standard InChI is InChI=1S/C15H11IN2O4/c16-12-7-10(15(21)22)6-11(13(12)19)8-17-18-14(20)9-4-2-1-3-5-9/h1-8,19H,(H,18,20)(H,21,22). The molecule has 0 saturated heterocycles. The van der Waals surface area contributed by atoms with Crippen molar-refractivity contribution in [1.82, 2.24) is 5.43 Å². The molecule has 2 rings (SSSR count). The van der Waals surface area contributed by atoms with Gasteiger partial charge in [0, 0.05) is 11.1 Å². The quantitative estimate of drug-likeness (QED) is 0.410. The van der Waals surface area contributed by atoms with Crippen LogP contribution in [-0.2, 0) is 0 Å². The van der Waals surface area contributed by atoms with Crippen molar-refractivity contribution in [3.8, 4) is 5.75 Å². The highest BCUT2D eigenvalue weighted by Gasteiger charge is 2.11. The predicted molar refractivity (Wildman–Crippen MR) is 89.3 cm³/mol. The van der Waals surface area contributed by atoms with E-state index in [1.165, 1.54) is 18.3 Å². The molecule has 2 aromatic rings. The van der Waals surface area contributed by atoms with E-state index in [9.17, 15) is 14.7 Å². The fraction of sp³-hybridized carbons (Fsp3) is 0. The number of hydrogen-bond acceptors (Lipinski definition) is 4. The van der Waals surface area contributed by atoms with Crippen molar-refractivity contribution in [2.45, 2.75) is 0 Å². The van der Waals surface area contributed by atoms with Crippen molar-refractivity contribution in [3.05, 3.63) is 62.7 Å². The van der Waals surface area contributed by atoms with E-state index >= 15 is 0 Å². The number of aromatic hydroxyl groups is 1. The number of halogens is 1. The van der Waals surface area contributed by atoms with Gasteiger partial charge < -0.3 is 10.2 Å². The van der Waals surface area contributed by atoms with Gasteiger partial charge in [-0.25, -0.2) is 10.2 Å². The Kier molecular flexibility index (Phi) is 5.10. The van der Waals surface area contributed by atoms with Gasteiger partial charge in [-0.15, -0.1) is 0 Å². The summed E-state index contributed by atoms with van der Waals surface area (Å²) in [5.41, 5.74) is 2.99. The highest BCUT2D eigenvalue weighted by atomic mass is 127. The van der Waals surface area contributed by atoms with E-state index in [-0.39, 0.29) is 16.9 Å². The molecule has 0 saturated carbocycles. The summed E-state index contributed by atoms with van der Waals surface area (Å²) in [6.45, 7) is 0. The number of carboxylic acids is 1. The predicted octanol–water partition coefficient (Wildman–Crippen LogP) is 2.46. The Morgan fingerprint density at radius 2 is 1.82 bits per heavy atom. The molecule has 7 heteroatoms. The summed E-state index contributed by atoms with van der Waals surface area (Å²) in [6.07, 6.45) is 1.20. The fourth-order valence-corrected chi connectivity index (χ4v) is 2.30. The van der Waals surface area contributed by atoms with Gasteiger partial charge in [0.2, 0.25) is 0 Å². The summed E-state index contributed by atoms with van der Waals surface area (Å²) in [7, 11) is 0. The number of nitrogens with zero attached hydrogens (tertiary/aromatic N) is 1. The van der Waals surface area contributed by atoms with Crippen LogP contribution in [0.2, 0.25) is 0 Å². The number of nitrogens with one attached hydrogen (secondary N) is 1. The number of phenols is 1. The van der Waals surface area contributed by atoms with Gasteiger partial charge in [0.15, 0.2) is 0 Å². The molecule has 0 spiro atoms. The van der Waals surface area contributed by atoms with Crippen LogP contribution in [0.5, 0.6) is 5.75 Å². The third-order valence-corrected chi connectivity index (χ3v) is 3.57. The van der Waals surface area contributed by atoms with Gasteiger partial charge >= 0.3 is 5.97 Å². The van der Waals surface area contributed by atoms with Gasteiger partial charge in [0.05, 0.1) is 15.3 Å². The Balaban J connectivity index is 2.17. The van der Waals surface area contributed by atoms with Crippen LogP contribution in [0, 0.1) is 3.57 Å². The van der Waals surface area contributed by atoms with Crippen molar-refractivity contribution >= 4 is 40.7 Å². The largest absolute Gasteiger partial charge is 0.506 e. The molecular weight excluding hydrogens is 399 g/mol. The van der Waals surface area contributed by atoms with Crippen molar-refractivity contribution in [3.63, 3.8) is 0 Å². The zero-order chi connectivity index (χ0) is 16.1. The minimum Gasteiger partial charge on any atom is -0.506 e. The Hall–Kier alpha value is -2.42. The molecule has 0 aliphatic rings. The number of aromatic carboxylic acids is 1. The molecule has 1 amide bonds. The maximum Gasteiger partial charge on any atom is 0.335 e. The molecule has 2 aromatic carbocycles. The summed E-state index contributed by atoms with van der Waals surface area (Å²) < 4.78 is 0.383. The number of hydrazone groups is 1. The number of amides is 1. The van der Waals surface area contributed by atoms with Crippen LogP contribution in [0.1, 0.15) is 26.3 Å². The molecule has 0 aliphatic carbocycles. The van der Waals surface area contributed by atoms with Gasteiger partial charge in [-0.2, -0.15) is 5.10 Å². The fourth-order valence-electron chi connectivity index (χ4n) is 1.66. The Morgan fingerprint density at radius 3 is 2.45 bits per heavy atom. The molecule has 22 heavy (non-hydrogen) atoms. The number of carbonyl (C=O) groups is 2. The lowest BCUT2D eigenvalue weighted by Crippen LogP contribution is -2.17. The number of hydrogen-bond donors (Lipinski definition) is 3. The van der Waals surface area contributed by atoms with E-state index in [1.807, 2.05) is 22.6 Å². The maximum atomic E-state index is 11.8. The second-order valence-corrected chi connectivity index (χ2v) is 5.43. The van der Waals surface area contributed by atoms with E-state index in [0.717, 1.165) is 0 Å². The summed E-state index contributed by atoms with van der Waals surface area (Å²) in [5.74, 6) is -1.61. The normalized spacial score (nSPS) is 10.6. The SMILES string of the molecule is O=C(O)c1cc(I)c(O)c(C=NNC(=O)c2ccccc2)c1. The van der Waals surface area contributed by atoms with Crippen LogP contribution in [0.3, 0.4) is 0 Å². The minimum atomic E-state index is -1.11. The average Bonchev–Trinajstić information content (AvgIpc) is 2.51. The van der Waals surface area contributed by atoms with Crippen LogP contribution in [0.25, 0.3) is 0 Å². The third-order valence-electron chi connectivity index (χ3n) is 2.75. The number of carboxylic acid groups (broad SMARTS) is 1. The van der Waals surface area contributed by atoms with Gasteiger partial charge in [-0.3, -0.25) is 4.79 Å². The maximum absolute atomic E-state index is 11.8. The first-order valence-corrected chi connectivity index (χ1v) is 7.21. The van der Waals surface area contributed by atoms with Crippen LogP contribution in [-0.4, -0.2) is 28.3 Å². The molecule has 0 unspecified atom stereocenters. The molecule has 3 N–H and O–H groups in total. The second-order valence-electron chi connectivity index (χ2n) is 4.27.